The van der Waals surface area contributed by atoms with E-state index in [0.717, 1.165) is 24.0 Å². The Kier molecular flexibility index (Phi) is 5.70. The van der Waals surface area contributed by atoms with Crippen LogP contribution in [0.4, 0.5) is 4.39 Å². The zero-order valence-corrected chi connectivity index (χ0v) is 17.3. The zero-order valence-electron chi connectivity index (χ0n) is 16.6. The Morgan fingerprint density at radius 1 is 1.25 bits per heavy atom. The normalized spacial score (nSPS) is 16.3. The number of hydrogen-bond acceptors (Lipinski definition) is 3. The summed E-state index contributed by atoms with van der Waals surface area (Å²) >= 11 is 6.42. The standard InChI is InChI=1S/C23H26ClFN2O/c1-22(2,19-11-18(25)8-9-21(19)28-3)14-23(27,17-6-7-17)12-16-5-4-15(13-26)10-20(16)24/h4-5,8-11,17H,6-7,12,14,27H2,1-3H3. The van der Waals surface area contributed by atoms with Crippen molar-refractivity contribution in [2.24, 2.45) is 11.7 Å². The topological polar surface area (TPSA) is 59.0 Å². The van der Waals surface area contributed by atoms with Crippen LogP contribution < -0.4 is 10.5 Å². The molecule has 1 saturated carbocycles. The lowest BCUT2D eigenvalue weighted by Crippen LogP contribution is -2.49. The first kappa shape index (κ1) is 20.6. The largest absolute Gasteiger partial charge is 0.496 e. The Bertz CT molecular complexity index is 917. The molecule has 2 aromatic carbocycles. The number of methoxy groups -OCH3 is 1. The highest BCUT2D eigenvalue weighted by molar-refractivity contribution is 6.31. The van der Waals surface area contributed by atoms with Crippen molar-refractivity contribution in [3.05, 3.63) is 63.9 Å². The molecule has 0 bridgehead atoms. The Morgan fingerprint density at radius 3 is 2.54 bits per heavy atom. The molecule has 0 heterocycles. The number of ether oxygens (including phenoxy) is 1. The van der Waals surface area contributed by atoms with Crippen molar-refractivity contribution in [3.63, 3.8) is 0 Å². The Labute approximate surface area is 171 Å². The van der Waals surface area contributed by atoms with Gasteiger partial charge in [0.1, 0.15) is 11.6 Å². The maximum Gasteiger partial charge on any atom is 0.123 e. The van der Waals surface area contributed by atoms with E-state index in [4.69, 9.17) is 27.3 Å². The molecule has 1 aliphatic rings. The zero-order chi connectivity index (χ0) is 20.5. The molecule has 3 nitrogen and oxygen atoms in total. The molecule has 0 radical (unpaired) electrons. The summed E-state index contributed by atoms with van der Waals surface area (Å²) in [4.78, 5) is 0. The van der Waals surface area contributed by atoms with Crippen LogP contribution in [0.25, 0.3) is 0 Å². The monoisotopic (exact) mass is 400 g/mol. The summed E-state index contributed by atoms with van der Waals surface area (Å²) in [6, 6.07) is 12.1. The third-order valence-electron chi connectivity index (χ3n) is 5.75. The number of rotatable bonds is 7. The molecule has 0 aliphatic heterocycles. The van der Waals surface area contributed by atoms with E-state index < -0.39 is 5.54 Å². The molecule has 3 rings (SSSR count). The van der Waals surface area contributed by atoms with Gasteiger partial charge in [0.05, 0.1) is 18.7 Å². The molecule has 1 atom stereocenters. The molecule has 0 aromatic heterocycles. The molecule has 2 aromatic rings. The third kappa shape index (κ3) is 4.32. The van der Waals surface area contributed by atoms with E-state index in [1.807, 2.05) is 6.07 Å². The fourth-order valence-electron chi connectivity index (χ4n) is 4.25. The van der Waals surface area contributed by atoms with Gasteiger partial charge >= 0.3 is 0 Å². The molecular weight excluding hydrogens is 375 g/mol. The molecule has 0 spiro atoms. The van der Waals surface area contributed by atoms with Crippen molar-refractivity contribution in [2.45, 2.75) is 50.5 Å². The van der Waals surface area contributed by atoms with Crippen LogP contribution in [0.1, 0.15) is 49.8 Å². The lowest BCUT2D eigenvalue weighted by atomic mass is 9.70. The molecule has 5 heteroatoms. The summed E-state index contributed by atoms with van der Waals surface area (Å²) in [6.07, 6.45) is 3.45. The van der Waals surface area contributed by atoms with E-state index in [0.29, 0.717) is 35.1 Å². The van der Waals surface area contributed by atoms with Crippen molar-refractivity contribution < 1.29 is 9.13 Å². The lowest BCUT2D eigenvalue weighted by Gasteiger charge is -2.39. The van der Waals surface area contributed by atoms with Crippen molar-refractivity contribution in [2.75, 3.05) is 7.11 Å². The maximum atomic E-state index is 14.0. The minimum Gasteiger partial charge on any atom is -0.496 e. The minimum atomic E-state index is -0.474. The van der Waals surface area contributed by atoms with E-state index in [2.05, 4.69) is 19.9 Å². The molecule has 28 heavy (non-hydrogen) atoms. The molecule has 148 valence electrons. The van der Waals surface area contributed by atoms with Crippen LogP contribution >= 0.6 is 11.6 Å². The number of benzene rings is 2. The van der Waals surface area contributed by atoms with Gasteiger partial charge in [-0.1, -0.05) is 31.5 Å². The molecule has 1 fully saturated rings. The predicted molar refractivity (Wildman–Crippen MR) is 110 cm³/mol. The first-order valence-corrected chi connectivity index (χ1v) is 9.88. The number of hydrogen-bond donors (Lipinski definition) is 1. The van der Waals surface area contributed by atoms with Crippen molar-refractivity contribution in [3.8, 4) is 11.8 Å². The van der Waals surface area contributed by atoms with Gasteiger partial charge in [0.15, 0.2) is 0 Å². The fraction of sp³-hybridized carbons (Fsp3) is 0.435. The molecule has 0 amide bonds. The summed E-state index contributed by atoms with van der Waals surface area (Å²) in [7, 11) is 1.60. The Hall–Kier alpha value is -2.09. The molecule has 1 unspecified atom stereocenters. The van der Waals surface area contributed by atoms with Gasteiger partial charge in [-0.25, -0.2) is 4.39 Å². The van der Waals surface area contributed by atoms with Crippen LogP contribution in [-0.2, 0) is 11.8 Å². The van der Waals surface area contributed by atoms with Crippen molar-refractivity contribution in [1.29, 1.82) is 5.26 Å². The van der Waals surface area contributed by atoms with Gasteiger partial charge in [0.2, 0.25) is 0 Å². The highest BCUT2D eigenvalue weighted by atomic mass is 35.5. The van der Waals surface area contributed by atoms with Gasteiger partial charge in [0.25, 0.3) is 0 Å². The van der Waals surface area contributed by atoms with Crippen LogP contribution in [0.2, 0.25) is 5.02 Å². The van der Waals surface area contributed by atoms with Crippen LogP contribution in [0.15, 0.2) is 36.4 Å². The average Bonchev–Trinajstić information content (AvgIpc) is 3.48. The van der Waals surface area contributed by atoms with Gasteiger partial charge in [-0.15, -0.1) is 0 Å². The van der Waals surface area contributed by atoms with E-state index in [1.165, 1.54) is 6.07 Å². The average molecular weight is 401 g/mol. The second kappa shape index (κ2) is 7.73. The van der Waals surface area contributed by atoms with Crippen LogP contribution in [-0.4, -0.2) is 12.6 Å². The summed E-state index contributed by atoms with van der Waals surface area (Å²) < 4.78 is 19.4. The van der Waals surface area contributed by atoms with Gasteiger partial charge in [-0.05, 0) is 72.9 Å². The SMILES string of the molecule is COc1ccc(F)cc1C(C)(C)CC(N)(Cc1ccc(C#N)cc1Cl)C1CC1. The molecular formula is C23H26ClFN2O. The predicted octanol–water partition coefficient (Wildman–Crippen LogP) is 5.38. The first-order valence-electron chi connectivity index (χ1n) is 9.50. The second-order valence-electron chi connectivity index (χ2n) is 8.51. The highest BCUT2D eigenvalue weighted by Crippen LogP contribution is 2.48. The quantitative estimate of drug-likeness (QED) is 0.678. The van der Waals surface area contributed by atoms with Crippen LogP contribution in [0.5, 0.6) is 5.75 Å². The van der Waals surface area contributed by atoms with Crippen molar-refractivity contribution >= 4 is 11.6 Å². The number of halogens is 2. The van der Waals surface area contributed by atoms with E-state index in [9.17, 15) is 4.39 Å². The Morgan fingerprint density at radius 2 is 1.96 bits per heavy atom. The van der Waals surface area contributed by atoms with Crippen LogP contribution in [0, 0.1) is 23.1 Å². The number of nitriles is 1. The van der Waals surface area contributed by atoms with Gasteiger partial charge in [0, 0.05) is 16.1 Å². The third-order valence-corrected chi connectivity index (χ3v) is 6.11. The van der Waals surface area contributed by atoms with Gasteiger partial charge in [-0.2, -0.15) is 5.26 Å². The fourth-order valence-corrected chi connectivity index (χ4v) is 4.50. The van der Waals surface area contributed by atoms with E-state index in [-0.39, 0.29) is 11.2 Å². The van der Waals surface area contributed by atoms with Crippen LogP contribution in [0.3, 0.4) is 0 Å². The molecule has 1 aliphatic carbocycles. The summed E-state index contributed by atoms with van der Waals surface area (Å²) in [5.74, 6) is 0.784. The first-order chi connectivity index (χ1) is 13.2. The number of nitrogens with two attached hydrogens (primary N) is 1. The van der Waals surface area contributed by atoms with Gasteiger partial charge in [-0.3, -0.25) is 0 Å². The van der Waals surface area contributed by atoms with Crippen molar-refractivity contribution in [1.82, 2.24) is 0 Å². The number of nitrogens with zero attached hydrogens (tertiary/aromatic N) is 1. The van der Waals surface area contributed by atoms with E-state index >= 15 is 0 Å². The molecule has 0 saturated heterocycles. The van der Waals surface area contributed by atoms with E-state index in [1.54, 1.807) is 31.4 Å². The molecule has 2 N–H and O–H groups in total. The summed E-state index contributed by atoms with van der Waals surface area (Å²) in [6.45, 7) is 4.16. The lowest BCUT2D eigenvalue weighted by molar-refractivity contribution is 0.263. The maximum absolute atomic E-state index is 14.0. The summed E-state index contributed by atoms with van der Waals surface area (Å²) in [5.41, 5.74) is 8.40. The minimum absolute atomic E-state index is 0.284. The summed E-state index contributed by atoms with van der Waals surface area (Å²) in [5, 5.41) is 9.62. The van der Waals surface area contributed by atoms with Gasteiger partial charge < -0.3 is 10.5 Å². The smallest absolute Gasteiger partial charge is 0.123 e. The Balaban J connectivity index is 1.92. The second-order valence-corrected chi connectivity index (χ2v) is 8.91. The highest BCUT2D eigenvalue weighted by Gasteiger charge is 2.46.